The van der Waals surface area contributed by atoms with Crippen molar-refractivity contribution in [3.63, 3.8) is 0 Å². The van der Waals surface area contributed by atoms with Gasteiger partial charge in [0.1, 0.15) is 0 Å². The maximum Gasteiger partial charge on any atom is 0.340 e. The molecule has 27 heavy (non-hydrogen) atoms. The third kappa shape index (κ3) is 4.62. The average molecular weight is 412 g/mol. The lowest BCUT2D eigenvalue weighted by atomic mass is 10.2. The van der Waals surface area contributed by atoms with Gasteiger partial charge in [0, 0.05) is 23.2 Å². The van der Waals surface area contributed by atoms with Crippen LogP contribution in [0, 0.1) is 0 Å². The van der Waals surface area contributed by atoms with Crippen LogP contribution in [0.1, 0.15) is 23.7 Å². The summed E-state index contributed by atoms with van der Waals surface area (Å²) < 4.78 is 28.5. The van der Waals surface area contributed by atoms with Crippen molar-refractivity contribution in [1.29, 1.82) is 0 Å². The maximum absolute atomic E-state index is 12.6. The zero-order valence-electron chi connectivity index (χ0n) is 14.7. The number of ether oxygens (including phenoxy) is 1. The summed E-state index contributed by atoms with van der Waals surface area (Å²) in [6.45, 7) is 2.03. The Balaban J connectivity index is 1.68. The van der Waals surface area contributed by atoms with Crippen molar-refractivity contribution in [3.05, 3.63) is 29.8 Å². The number of carbonyl (C=O) groups excluding carboxylic acids is 3. The number of hydrogen-bond donors (Lipinski definition) is 1. The van der Waals surface area contributed by atoms with Crippen LogP contribution in [0.3, 0.4) is 0 Å². The van der Waals surface area contributed by atoms with Crippen LogP contribution in [-0.2, 0) is 19.4 Å². The zero-order valence-corrected chi connectivity index (χ0v) is 16.3. The van der Waals surface area contributed by atoms with E-state index in [2.05, 4.69) is 5.32 Å². The first-order valence-electron chi connectivity index (χ1n) is 8.53. The summed E-state index contributed by atoms with van der Waals surface area (Å²) in [6.07, 6.45) is -0.568. The largest absolute Gasteiger partial charge is 0.449 e. The third-order valence-electron chi connectivity index (χ3n) is 4.35. The van der Waals surface area contributed by atoms with Gasteiger partial charge in [-0.2, -0.15) is 0 Å². The molecule has 3 rings (SSSR count). The molecule has 0 saturated carbocycles. The van der Waals surface area contributed by atoms with E-state index >= 15 is 0 Å². The van der Waals surface area contributed by atoms with Crippen molar-refractivity contribution in [1.82, 2.24) is 10.2 Å². The smallest absolute Gasteiger partial charge is 0.340 e. The fourth-order valence-electron chi connectivity index (χ4n) is 2.95. The normalized spacial score (nSPS) is 22.3. The topological polar surface area (TPSA) is 110 Å². The molecule has 2 atom stereocenters. The standard InChI is InChI=1S/C17H20N2O6S2/c1-11(15(20)19-8-7-18-17(19)22)25-16(21)13-4-2-3-5-14(13)26-12-6-9-27(23,24)10-12/h2-5,11-12H,6-10H2,1H3,(H,18,22)/t11-,12-/m0/s1. The Morgan fingerprint density at radius 3 is 2.70 bits per heavy atom. The number of imide groups is 1. The molecule has 3 amide bonds. The van der Waals surface area contributed by atoms with E-state index in [1.54, 1.807) is 24.3 Å². The lowest BCUT2D eigenvalue weighted by Gasteiger charge is -2.19. The highest BCUT2D eigenvalue weighted by Gasteiger charge is 2.33. The fourth-order valence-corrected chi connectivity index (χ4v) is 6.56. The minimum Gasteiger partial charge on any atom is -0.449 e. The number of nitrogens with one attached hydrogen (secondary N) is 1. The molecule has 8 nitrogen and oxygen atoms in total. The van der Waals surface area contributed by atoms with Gasteiger partial charge in [-0.05, 0) is 25.5 Å². The van der Waals surface area contributed by atoms with E-state index in [1.165, 1.54) is 18.7 Å². The molecule has 2 aliphatic rings. The number of nitrogens with zero attached hydrogens (tertiary/aromatic N) is 1. The molecule has 0 spiro atoms. The van der Waals surface area contributed by atoms with Crippen LogP contribution in [0.25, 0.3) is 0 Å². The molecule has 2 saturated heterocycles. The Kier molecular flexibility index (Phi) is 5.75. The van der Waals surface area contributed by atoms with E-state index in [1.807, 2.05) is 0 Å². The molecule has 0 bridgehead atoms. The van der Waals surface area contributed by atoms with Gasteiger partial charge in [-0.25, -0.2) is 18.0 Å². The van der Waals surface area contributed by atoms with Crippen molar-refractivity contribution in [2.24, 2.45) is 0 Å². The molecule has 2 fully saturated rings. The SMILES string of the molecule is C[C@H](OC(=O)c1ccccc1S[C@H]1CCS(=O)(=O)C1)C(=O)N1CCNC1=O. The Morgan fingerprint density at radius 2 is 2.07 bits per heavy atom. The number of thioether (sulfide) groups is 1. The molecule has 2 aliphatic heterocycles. The number of hydrogen-bond acceptors (Lipinski definition) is 7. The second kappa shape index (κ2) is 7.89. The third-order valence-corrected chi connectivity index (χ3v) is 7.67. The Hall–Kier alpha value is -2.07. The minimum atomic E-state index is -3.02. The molecule has 0 radical (unpaired) electrons. The first-order valence-corrected chi connectivity index (χ1v) is 11.2. The number of sulfone groups is 1. The Bertz CT molecular complexity index is 870. The van der Waals surface area contributed by atoms with Crippen molar-refractivity contribution >= 4 is 39.5 Å². The van der Waals surface area contributed by atoms with Gasteiger partial charge in [0.25, 0.3) is 5.91 Å². The number of urea groups is 1. The molecule has 0 aliphatic carbocycles. The summed E-state index contributed by atoms with van der Waals surface area (Å²) in [6, 6.07) is 6.24. The van der Waals surface area contributed by atoms with Gasteiger partial charge in [0.15, 0.2) is 15.9 Å². The molecule has 2 heterocycles. The second-order valence-electron chi connectivity index (χ2n) is 6.41. The van der Waals surface area contributed by atoms with Gasteiger partial charge in [0.2, 0.25) is 0 Å². The summed E-state index contributed by atoms with van der Waals surface area (Å²) >= 11 is 1.33. The summed E-state index contributed by atoms with van der Waals surface area (Å²) in [4.78, 5) is 38.0. The molecule has 0 unspecified atom stereocenters. The van der Waals surface area contributed by atoms with Gasteiger partial charge in [0.05, 0.1) is 17.1 Å². The van der Waals surface area contributed by atoms with E-state index in [-0.39, 0.29) is 28.9 Å². The predicted molar refractivity (Wildman–Crippen MR) is 99.3 cm³/mol. The number of rotatable bonds is 5. The first-order chi connectivity index (χ1) is 12.8. The van der Waals surface area contributed by atoms with Gasteiger partial charge >= 0.3 is 12.0 Å². The van der Waals surface area contributed by atoms with Gasteiger partial charge in [-0.3, -0.25) is 9.69 Å². The van der Waals surface area contributed by atoms with Gasteiger partial charge in [-0.15, -0.1) is 11.8 Å². The number of amides is 3. The predicted octanol–water partition coefficient (Wildman–Crippen LogP) is 1.06. The molecule has 10 heteroatoms. The highest BCUT2D eigenvalue weighted by atomic mass is 32.2. The van der Waals surface area contributed by atoms with E-state index in [4.69, 9.17) is 4.74 Å². The second-order valence-corrected chi connectivity index (χ2v) is 9.98. The summed E-state index contributed by atoms with van der Waals surface area (Å²) in [5.41, 5.74) is 0.275. The molecule has 1 N–H and O–H groups in total. The van der Waals surface area contributed by atoms with Crippen molar-refractivity contribution < 1.29 is 27.5 Å². The zero-order chi connectivity index (χ0) is 19.6. The summed E-state index contributed by atoms with van der Waals surface area (Å²) in [5.74, 6) is -1.02. The van der Waals surface area contributed by atoms with Gasteiger partial charge < -0.3 is 10.1 Å². The highest BCUT2D eigenvalue weighted by molar-refractivity contribution is 8.02. The van der Waals surface area contributed by atoms with Crippen molar-refractivity contribution in [2.75, 3.05) is 24.6 Å². The first kappa shape index (κ1) is 19.7. The lowest BCUT2D eigenvalue weighted by molar-refractivity contribution is -0.136. The van der Waals surface area contributed by atoms with Crippen LogP contribution in [0.5, 0.6) is 0 Å². The lowest BCUT2D eigenvalue weighted by Crippen LogP contribution is -2.41. The molecule has 0 aromatic heterocycles. The molecule has 1 aromatic rings. The number of esters is 1. The van der Waals surface area contributed by atoms with E-state index in [0.717, 1.165) is 4.90 Å². The molecular formula is C17H20N2O6S2. The quantitative estimate of drug-likeness (QED) is 0.720. The molecule has 1 aromatic carbocycles. The van der Waals surface area contributed by atoms with E-state index in [9.17, 15) is 22.8 Å². The van der Waals surface area contributed by atoms with Crippen LogP contribution in [0.15, 0.2) is 29.2 Å². The summed E-state index contributed by atoms with van der Waals surface area (Å²) in [7, 11) is -3.02. The number of benzene rings is 1. The van der Waals surface area contributed by atoms with Crippen LogP contribution >= 0.6 is 11.8 Å². The number of carbonyl (C=O) groups is 3. The fraction of sp³-hybridized carbons (Fsp3) is 0.471. The highest BCUT2D eigenvalue weighted by Crippen LogP contribution is 2.33. The monoisotopic (exact) mass is 412 g/mol. The van der Waals surface area contributed by atoms with E-state index in [0.29, 0.717) is 17.9 Å². The molecule has 146 valence electrons. The average Bonchev–Trinajstić information content (AvgIpc) is 3.19. The molecular weight excluding hydrogens is 392 g/mol. The Labute approximate surface area is 161 Å². The Morgan fingerprint density at radius 1 is 1.33 bits per heavy atom. The van der Waals surface area contributed by atoms with Gasteiger partial charge in [-0.1, -0.05) is 12.1 Å². The van der Waals surface area contributed by atoms with E-state index < -0.39 is 33.8 Å². The van der Waals surface area contributed by atoms with Crippen molar-refractivity contribution in [2.45, 2.75) is 29.6 Å². The summed E-state index contributed by atoms with van der Waals surface area (Å²) in [5, 5.41) is 2.41. The van der Waals surface area contributed by atoms with Crippen molar-refractivity contribution in [3.8, 4) is 0 Å². The van der Waals surface area contributed by atoms with Crippen LogP contribution in [0.4, 0.5) is 4.79 Å². The van der Waals surface area contributed by atoms with Crippen LogP contribution in [-0.4, -0.2) is 67.2 Å². The maximum atomic E-state index is 12.6. The van der Waals surface area contributed by atoms with Crippen LogP contribution in [0.2, 0.25) is 0 Å². The minimum absolute atomic E-state index is 0.0833. The van der Waals surface area contributed by atoms with Crippen LogP contribution < -0.4 is 5.32 Å².